The first kappa shape index (κ1) is 15.0. The molecule has 4 heteroatoms. The number of hydrogen-bond donors (Lipinski definition) is 2. The number of amides is 1. The monoisotopic (exact) mass is 275 g/mol. The molecule has 1 aliphatic rings. The number of benzene rings is 1. The van der Waals surface area contributed by atoms with E-state index in [-0.39, 0.29) is 5.91 Å². The van der Waals surface area contributed by atoms with Crippen LogP contribution in [0.25, 0.3) is 0 Å². The van der Waals surface area contributed by atoms with E-state index in [9.17, 15) is 4.79 Å². The number of carbonyl (C=O) groups excluding carboxylic acids is 1. The topological polar surface area (TPSA) is 44.4 Å². The summed E-state index contributed by atoms with van der Waals surface area (Å²) in [7, 11) is 0. The lowest BCUT2D eigenvalue weighted by Crippen LogP contribution is -2.49. The summed E-state index contributed by atoms with van der Waals surface area (Å²) in [6.07, 6.45) is 1.51. The third kappa shape index (κ3) is 4.94. The van der Waals surface area contributed by atoms with Crippen molar-refractivity contribution < 1.29 is 4.79 Å². The van der Waals surface area contributed by atoms with E-state index in [0.29, 0.717) is 12.5 Å². The van der Waals surface area contributed by atoms with Crippen molar-refractivity contribution in [2.24, 2.45) is 0 Å². The maximum Gasteiger partial charge on any atom is 0.224 e. The summed E-state index contributed by atoms with van der Waals surface area (Å²) in [6.45, 7) is 8.46. The van der Waals surface area contributed by atoms with Gasteiger partial charge in [0.2, 0.25) is 5.91 Å². The van der Waals surface area contributed by atoms with E-state index in [4.69, 9.17) is 0 Å². The molecule has 0 radical (unpaired) electrons. The van der Waals surface area contributed by atoms with E-state index in [1.807, 2.05) is 31.2 Å². The highest BCUT2D eigenvalue weighted by molar-refractivity contribution is 5.90. The number of anilines is 1. The number of carbonyl (C=O) groups is 1. The Morgan fingerprint density at radius 3 is 3.10 bits per heavy atom. The molecule has 1 aromatic carbocycles. The first-order valence-electron chi connectivity index (χ1n) is 7.46. The Kier molecular flexibility index (Phi) is 5.56. The van der Waals surface area contributed by atoms with Crippen LogP contribution in [0.5, 0.6) is 0 Å². The van der Waals surface area contributed by atoms with E-state index >= 15 is 0 Å². The number of nitrogens with one attached hydrogen (secondary N) is 2. The molecule has 1 unspecified atom stereocenters. The van der Waals surface area contributed by atoms with Gasteiger partial charge in [0.25, 0.3) is 0 Å². The van der Waals surface area contributed by atoms with Crippen LogP contribution >= 0.6 is 0 Å². The Morgan fingerprint density at radius 1 is 1.50 bits per heavy atom. The average Bonchev–Trinajstić information content (AvgIpc) is 2.38. The van der Waals surface area contributed by atoms with Gasteiger partial charge < -0.3 is 15.5 Å². The second-order valence-corrected chi connectivity index (χ2v) is 5.68. The molecule has 0 spiro atoms. The summed E-state index contributed by atoms with van der Waals surface area (Å²) in [4.78, 5) is 14.3. The van der Waals surface area contributed by atoms with Crippen molar-refractivity contribution in [1.29, 1.82) is 0 Å². The molecule has 0 aliphatic carbocycles. The summed E-state index contributed by atoms with van der Waals surface area (Å²) in [5.74, 6) is 0.110. The third-order valence-electron chi connectivity index (χ3n) is 3.63. The fourth-order valence-electron chi connectivity index (χ4n) is 2.62. The number of rotatable bonds is 5. The minimum atomic E-state index is 0.110. The summed E-state index contributed by atoms with van der Waals surface area (Å²) in [5.41, 5.74) is 2.06. The van der Waals surface area contributed by atoms with Gasteiger partial charge in [-0.2, -0.15) is 0 Å². The molecule has 1 saturated heterocycles. The lowest BCUT2D eigenvalue weighted by atomic mass is 10.2. The zero-order chi connectivity index (χ0) is 14.4. The van der Waals surface area contributed by atoms with Crippen LogP contribution in [0, 0.1) is 6.92 Å². The smallest absolute Gasteiger partial charge is 0.224 e. The van der Waals surface area contributed by atoms with E-state index in [2.05, 4.69) is 22.5 Å². The van der Waals surface area contributed by atoms with Crippen LogP contribution in [-0.2, 0) is 4.79 Å². The number of piperazine rings is 1. The minimum Gasteiger partial charge on any atom is -0.326 e. The average molecular weight is 275 g/mol. The molecule has 1 heterocycles. The van der Waals surface area contributed by atoms with Crippen molar-refractivity contribution in [2.75, 3.05) is 31.5 Å². The highest BCUT2D eigenvalue weighted by Gasteiger charge is 2.15. The molecule has 1 aliphatic heterocycles. The molecular weight excluding hydrogens is 250 g/mol. The summed E-state index contributed by atoms with van der Waals surface area (Å²) in [5, 5.41) is 6.39. The van der Waals surface area contributed by atoms with Gasteiger partial charge >= 0.3 is 0 Å². The van der Waals surface area contributed by atoms with Crippen LogP contribution in [0.2, 0.25) is 0 Å². The Hall–Kier alpha value is -1.39. The second kappa shape index (κ2) is 7.41. The molecule has 1 aromatic rings. The molecule has 1 fully saturated rings. The SMILES string of the molecule is Cc1cccc(NC(=O)CCCN2CCNC(C)C2)c1. The van der Waals surface area contributed by atoms with Crippen molar-refractivity contribution in [3.05, 3.63) is 29.8 Å². The summed E-state index contributed by atoms with van der Waals surface area (Å²) < 4.78 is 0. The van der Waals surface area contributed by atoms with Gasteiger partial charge in [0, 0.05) is 37.8 Å². The van der Waals surface area contributed by atoms with Crippen molar-refractivity contribution in [1.82, 2.24) is 10.2 Å². The van der Waals surface area contributed by atoms with Crippen LogP contribution in [-0.4, -0.2) is 43.0 Å². The first-order chi connectivity index (χ1) is 9.63. The van der Waals surface area contributed by atoms with Crippen molar-refractivity contribution in [3.8, 4) is 0 Å². The first-order valence-corrected chi connectivity index (χ1v) is 7.46. The maximum absolute atomic E-state index is 11.9. The van der Waals surface area contributed by atoms with Gasteiger partial charge in [0.15, 0.2) is 0 Å². The van der Waals surface area contributed by atoms with Crippen LogP contribution in [0.15, 0.2) is 24.3 Å². The van der Waals surface area contributed by atoms with Gasteiger partial charge in [-0.15, -0.1) is 0 Å². The molecule has 110 valence electrons. The number of nitrogens with zero attached hydrogens (tertiary/aromatic N) is 1. The predicted molar refractivity (Wildman–Crippen MR) is 82.9 cm³/mol. The van der Waals surface area contributed by atoms with Gasteiger partial charge in [-0.05, 0) is 44.5 Å². The maximum atomic E-state index is 11.9. The van der Waals surface area contributed by atoms with Crippen molar-refractivity contribution in [3.63, 3.8) is 0 Å². The Labute approximate surface area is 121 Å². The molecule has 1 atom stereocenters. The van der Waals surface area contributed by atoms with Gasteiger partial charge in [-0.25, -0.2) is 0 Å². The molecule has 0 bridgehead atoms. The highest BCUT2D eigenvalue weighted by atomic mass is 16.1. The normalized spacial score (nSPS) is 19.8. The minimum absolute atomic E-state index is 0.110. The predicted octanol–water partition coefficient (Wildman–Crippen LogP) is 2.01. The zero-order valence-corrected chi connectivity index (χ0v) is 12.5. The van der Waals surface area contributed by atoms with Crippen molar-refractivity contribution in [2.45, 2.75) is 32.7 Å². The van der Waals surface area contributed by atoms with Crippen LogP contribution in [0.3, 0.4) is 0 Å². The quantitative estimate of drug-likeness (QED) is 0.864. The van der Waals surface area contributed by atoms with Crippen molar-refractivity contribution >= 4 is 11.6 Å². The van der Waals surface area contributed by atoms with E-state index < -0.39 is 0 Å². The Morgan fingerprint density at radius 2 is 2.35 bits per heavy atom. The largest absolute Gasteiger partial charge is 0.326 e. The molecule has 0 saturated carbocycles. The Bertz CT molecular complexity index is 447. The van der Waals surface area contributed by atoms with E-state index in [1.165, 1.54) is 0 Å². The van der Waals surface area contributed by atoms with E-state index in [0.717, 1.165) is 43.9 Å². The molecule has 2 rings (SSSR count). The standard InChI is InChI=1S/C16H25N3O/c1-13-5-3-6-15(11-13)18-16(20)7-4-9-19-10-8-17-14(2)12-19/h3,5-6,11,14,17H,4,7-10,12H2,1-2H3,(H,18,20). The van der Waals surface area contributed by atoms with Crippen LogP contribution < -0.4 is 10.6 Å². The summed E-state index contributed by atoms with van der Waals surface area (Å²) in [6, 6.07) is 8.48. The lowest BCUT2D eigenvalue weighted by Gasteiger charge is -2.31. The molecular formula is C16H25N3O. The van der Waals surface area contributed by atoms with Gasteiger partial charge in [-0.3, -0.25) is 4.79 Å². The summed E-state index contributed by atoms with van der Waals surface area (Å²) >= 11 is 0. The fraction of sp³-hybridized carbons (Fsp3) is 0.562. The Balaban J connectivity index is 1.67. The number of hydrogen-bond acceptors (Lipinski definition) is 3. The van der Waals surface area contributed by atoms with E-state index in [1.54, 1.807) is 0 Å². The fourth-order valence-corrected chi connectivity index (χ4v) is 2.62. The molecule has 2 N–H and O–H groups in total. The highest BCUT2D eigenvalue weighted by Crippen LogP contribution is 2.10. The second-order valence-electron chi connectivity index (χ2n) is 5.68. The van der Waals surface area contributed by atoms with Gasteiger partial charge in [0.1, 0.15) is 0 Å². The van der Waals surface area contributed by atoms with Gasteiger partial charge in [-0.1, -0.05) is 12.1 Å². The van der Waals surface area contributed by atoms with Crippen LogP contribution in [0.1, 0.15) is 25.3 Å². The molecule has 0 aromatic heterocycles. The van der Waals surface area contributed by atoms with Crippen LogP contribution in [0.4, 0.5) is 5.69 Å². The lowest BCUT2D eigenvalue weighted by molar-refractivity contribution is -0.116. The molecule has 4 nitrogen and oxygen atoms in total. The third-order valence-corrected chi connectivity index (χ3v) is 3.63. The zero-order valence-electron chi connectivity index (χ0n) is 12.5. The van der Waals surface area contributed by atoms with Gasteiger partial charge in [0.05, 0.1) is 0 Å². The molecule has 1 amide bonds. The molecule has 20 heavy (non-hydrogen) atoms. The number of aryl methyl sites for hydroxylation is 1.